The smallest absolute Gasteiger partial charge is 0.122 e. The van der Waals surface area contributed by atoms with Crippen molar-refractivity contribution >= 4 is 0 Å². The summed E-state index contributed by atoms with van der Waals surface area (Å²) in [4.78, 5) is 0. The summed E-state index contributed by atoms with van der Waals surface area (Å²) in [6, 6.07) is 6.56. The van der Waals surface area contributed by atoms with Crippen molar-refractivity contribution in [1.82, 2.24) is 15.1 Å². The average Bonchev–Trinajstić information content (AvgIpc) is 2.88. The van der Waals surface area contributed by atoms with Gasteiger partial charge in [-0.2, -0.15) is 5.10 Å². The number of benzene rings is 1. The zero-order valence-corrected chi connectivity index (χ0v) is 13.6. The van der Waals surface area contributed by atoms with Crippen LogP contribution in [0.15, 0.2) is 24.4 Å². The molecule has 0 radical (unpaired) electrons. The van der Waals surface area contributed by atoms with Gasteiger partial charge in [0.05, 0.1) is 18.8 Å². The standard InChI is InChI=1S/C17H25N3O/c1-6-8-18-17(15-7-9-19-20(15)4)14-10-13(3)16(21-5)11-12(14)2/h7,9-11,17-18H,6,8H2,1-5H3. The van der Waals surface area contributed by atoms with E-state index in [0.717, 1.165) is 24.3 Å². The third-order valence-corrected chi connectivity index (χ3v) is 3.85. The molecule has 0 saturated heterocycles. The molecule has 4 heteroatoms. The predicted molar refractivity (Wildman–Crippen MR) is 85.8 cm³/mol. The Balaban J connectivity index is 2.46. The third-order valence-electron chi connectivity index (χ3n) is 3.85. The van der Waals surface area contributed by atoms with Gasteiger partial charge >= 0.3 is 0 Å². The molecule has 0 fully saturated rings. The minimum atomic E-state index is 0.155. The van der Waals surface area contributed by atoms with Crippen LogP contribution in [0.3, 0.4) is 0 Å². The van der Waals surface area contributed by atoms with E-state index in [-0.39, 0.29) is 6.04 Å². The van der Waals surface area contributed by atoms with Crippen molar-refractivity contribution in [3.63, 3.8) is 0 Å². The zero-order chi connectivity index (χ0) is 15.4. The first kappa shape index (κ1) is 15.6. The molecule has 1 aromatic carbocycles. The maximum Gasteiger partial charge on any atom is 0.122 e. The number of ether oxygens (including phenoxy) is 1. The van der Waals surface area contributed by atoms with Crippen LogP contribution in [0.4, 0.5) is 0 Å². The molecule has 4 nitrogen and oxygen atoms in total. The van der Waals surface area contributed by atoms with Crippen molar-refractivity contribution in [2.24, 2.45) is 7.05 Å². The lowest BCUT2D eigenvalue weighted by Crippen LogP contribution is -2.26. The summed E-state index contributed by atoms with van der Waals surface area (Å²) in [5, 5.41) is 7.94. The van der Waals surface area contributed by atoms with E-state index in [9.17, 15) is 0 Å². The summed E-state index contributed by atoms with van der Waals surface area (Å²) in [6.07, 6.45) is 2.95. The van der Waals surface area contributed by atoms with E-state index in [1.54, 1.807) is 7.11 Å². The molecular formula is C17H25N3O. The number of aryl methyl sites for hydroxylation is 3. The highest BCUT2D eigenvalue weighted by Gasteiger charge is 2.19. The van der Waals surface area contributed by atoms with Gasteiger partial charge < -0.3 is 10.1 Å². The predicted octanol–water partition coefficient (Wildman–Crippen LogP) is 3.13. The van der Waals surface area contributed by atoms with Crippen LogP contribution in [-0.2, 0) is 7.05 Å². The molecule has 2 aromatic rings. The Bertz CT molecular complexity index is 604. The minimum Gasteiger partial charge on any atom is -0.496 e. The van der Waals surface area contributed by atoms with Crippen LogP contribution in [0.25, 0.3) is 0 Å². The molecule has 2 rings (SSSR count). The number of hydrogen-bond acceptors (Lipinski definition) is 3. The Morgan fingerprint density at radius 1 is 1.29 bits per heavy atom. The number of aromatic nitrogens is 2. The van der Waals surface area contributed by atoms with Crippen molar-refractivity contribution in [2.45, 2.75) is 33.2 Å². The summed E-state index contributed by atoms with van der Waals surface area (Å²) in [5.74, 6) is 0.940. The highest BCUT2D eigenvalue weighted by Crippen LogP contribution is 2.30. The molecular weight excluding hydrogens is 262 g/mol. The summed E-state index contributed by atoms with van der Waals surface area (Å²) < 4.78 is 7.35. The normalized spacial score (nSPS) is 12.4. The SMILES string of the molecule is CCCNC(c1cc(C)c(OC)cc1C)c1ccnn1C. The first-order valence-corrected chi connectivity index (χ1v) is 7.44. The van der Waals surface area contributed by atoms with Gasteiger partial charge in [-0.05, 0) is 55.6 Å². The second kappa shape index (κ2) is 6.76. The molecule has 0 aliphatic heterocycles. The molecule has 1 heterocycles. The van der Waals surface area contributed by atoms with E-state index in [2.05, 4.69) is 49.4 Å². The van der Waals surface area contributed by atoms with Crippen molar-refractivity contribution in [3.05, 3.63) is 46.8 Å². The highest BCUT2D eigenvalue weighted by molar-refractivity contribution is 5.45. The van der Waals surface area contributed by atoms with Gasteiger partial charge in [-0.15, -0.1) is 0 Å². The van der Waals surface area contributed by atoms with Crippen LogP contribution >= 0.6 is 0 Å². The lowest BCUT2D eigenvalue weighted by atomic mass is 9.96. The maximum atomic E-state index is 5.42. The van der Waals surface area contributed by atoms with Crippen molar-refractivity contribution < 1.29 is 4.74 Å². The summed E-state index contributed by atoms with van der Waals surface area (Å²) in [7, 11) is 3.71. The summed E-state index contributed by atoms with van der Waals surface area (Å²) >= 11 is 0. The van der Waals surface area contributed by atoms with E-state index in [1.165, 1.54) is 16.8 Å². The van der Waals surface area contributed by atoms with Crippen LogP contribution < -0.4 is 10.1 Å². The Morgan fingerprint density at radius 3 is 2.62 bits per heavy atom. The highest BCUT2D eigenvalue weighted by atomic mass is 16.5. The minimum absolute atomic E-state index is 0.155. The summed E-state index contributed by atoms with van der Waals surface area (Å²) in [6.45, 7) is 7.37. The second-order valence-electron chi connectivity index (χ2n) is 5.45. The lowest BCUT2D eigenvalue weighted by Gasteiger charge is -2.22. The Kier molecular flexibility index (Phi) is 5.02. The average molecular weight is 287 g/mol. The molecule has 1 aromatic heterocycles. The molecule has 0 amide bonds. The van der Waals surface area contributed by atoms with Crippen LogP contribution in [0, 0.1) is 13.8 Å². The molecule has 0 saturated carbocycles. The van der Waals surface area contributed by atoms with Crippen molar-refractivity contribution in [3.8, 4) is 5.75 Å². The van der Waals surface area contributed by atoms with Crippen molar-refractivity contribution in [2.75, 3.05) is 13.7 Å². The van der Waals surface area contributed by atoms with Gasteiger partial charge in [0.2, 0.25) is 0 Å². The van der Waals surface area contributed by atoms with Gasteiger partial charge in [0.1, 0.15) is 5.75 Å². The maximum absolute atomic E-state index is 5.42. The fraction of sp³-hybridized carbons (Fsp3) is 0.471. The summed E-state index contributed by atoms with van der Waals surface area (Å²) in [5.41, 5.74) is 4.84. The van der Waals surface area contributed by atoms with Gasteiger partial charge in [-0.3, -0.25) is 4.68 Å². The molecule has 0 spiro atoms. The fourth-order valence-corrected chi connectivity index (χ4v) is 2.67. The second-order valence-corrected chi connectivity index (χ2v) is 5.45. The topological polar surface area (TPSA) is 39.1 Å². The molecule has 114 valence electrons. The van der Waals surface area contributed by atoms with Crippen LogP contribution in [0.5, 0.6) is 5.75 Å². The van der Waals surface area contributed by atoms with E-state index in [4.69, 9.17) is 4.74 Å². The van der Waals surface area contributed by atoms with E-state index >= 15 is 0 Å². The van der Waals surface area contributed by atoms with Gasteiger partial charge in [-0.1, -0.05) is 13.0 Å². The van der Waals surface area contributed by atoms with E-state index < -0.39 is 0 Å². The lowest BCUT2D eigenvalue weighted by molar-refractivity contribution is 0.411. The Hall–Kier alpha value is -1.81. The molecule has 1 atom stereocenters. The Morgan fingerprint density at radius 2 is 2.05 bits per heavy atom. The Labute approximate surface area is 127 Å². The largest absolute Gasteiger partial charge is 0.496 e. The first-order chi connectivity index (χ1) is 10.1. The molecule has 0 aliphatic carbocycles. The molecule has 0 aliphatic rings. The van der Waals surface area contributed by atoms with Gasteiger partial charge in [-0.25, -0.2) is 0 Å². The fourth-order valence-electron chi connectivity index (χ4n) is 2.67. The van der Waals surface area contributed by atoms with Gasteiger partial charge in [0.15, 0.2) is 0 Å². The molecule has 1 N–H and O–H groups in total. The molecule has 0 bridgehead atoms. The van der Waals surface area contributed by atoms with E-state index in [1.807, 2.05) is 17.9 Å². The number of methoxy groups -OCH3 is 1. The van der Waals surface area contributed by atoms with Crippen molar-refractivity contribution in [1.29, 1.82) is 0 Å². The zero-order valence-electron chi connectivity index (χ0n) is 13.6. The first-order valence-electron chi connectivity index (χ1n) is 7.44. The number of nitrogens with zero attached hydrogens (tertiary/aromatic N) is 2. The quantitative estimate of drug-likeness (QED) is 0.887. The number of hydrogen-bond donors (Lipinski definition) is 1. The molecule has 1 unspecified atom stereocenters. The molecule has 21 heavy (non-hydrogen) atoms. The third kappa shape index (κ3) is 3.27. The van der Waals surface area contributed by atoms with Crippen LogP contribution in [-0.4, -0.2) is 23.4 Å². The number of nitrogens with one attached hydrogen (secondary N) is 1. The van der Waals surface area contributed by atoms with Gasteiger partial charge in [0.25, 0.3) is 0 Å². The van der Waals surface area contributed by atoms with Crippen LogP contribution in [0.2, 0.25) is 0 Å². The number of rotatable bonds is 6. The monoisotopic (exact) mass is 287 g/mol. The van der Waals surface area contributed by atoms with E-state index in [0.29, 0.717) is 0 Å². The van der Waals surface area contributed by atoms with Crippen LogP contribution in [0.1, 0.15) is 41.8 Å². The van der Waals surface area contributed by atoms with Gasteiger partial charge in [0, 0.05) is 13.2 Å².